The Morgan fingerprint density at radius 3 is 1.49 bits per heavy atom. The fourth-order valence-corrected chi connectivity index (χ4v) is 5.72. The van der Waals surface area contributed by atoms with Gasteiger partial charge < -0.3 is 0 Å². The fraction of sp³-hybridized carbons (Fsp3) is 0.122. The van der Waals surface area contributed by atoms with Crippen LogP contribution in [-0.2, 0) is 0 Å². The lowest BCUT2D eigenvalue weighted by Crippen LogP contribution is -1.92. The second kappa shape index (κ2) is 12.7. The van der Waals surface area contributed by atoms with Crippen LogP contribution in [0.3, 0.4) is 0 Å². The summed E-state index contributed by atoms with van der Waals surface area (Å²) >= 11 is 0. The zero-order valence-corrected chi connectivity index (χ0v) is 24.8. The Kier molecular flexibility index (Phi) is 8.61. The van der Waals surface area contributed by atoms with Gasteiger partial charge in [-0.2, -0.15) is 0 Å². The summed E-state index contributed by atoms with van der Waals surface area (Å²) < 4.78 is 0. The van der Waals surface area contributed by atoms with Gasteiger partial charge >= 0.3 is 0 Å². The molecule has 0 nitrogen and oxygen atoms in total. The predicted molar refractivity (Wildman–Crippen MR) is 183 cm³/mol. The van der Waals surface area contributed by atoms with Gasteiger partial charge in [0.2, 0.25) is 0 Å². The molecule has 0 heteroatoms. The molecule has 0 atom stereocenters. The second-order valence-corrected chi connectivity index (χ2v) is 9.85. The van der Waals surface area contributed by atoms with E-state index in [2.05, 4.69) is 146 Å². The number of rotatable bonds is 3. The lowest BCUT2D eigenvalue weighted by Gasteiger charge is -2.19. The van der Waals surface area contributed by atoms with Gasteiger partial charge in [0.1, 0.15) is 0 Å². The van der Waals surface area contributed by atoms with Gasteiger partial charge in [0.05, 0.1) is 0 Å². The zero-order valence-electron chi connectivity index (χ0n) is 24.8. The molecule has 7 aromatic rings. The van der Waals surface area contributed by atoms with Crippen molar-refractivity contribution in [1.82, 2.24) is 0 Å². The number of hydrogen-bond acceptors (Lipinski definition) is 0. The lowest BCUT2D eigenvalue weighted by atomic mass is 9.85. The number of benzene rings is 7. The van der Waals surface area contributed by atoms with E-state index < -0.39 is 0 Å². The van der Waals surface area contributed by atoms with Crippen LogP contribution in [0, 0.1) is 6.92 Å². The third kappa shape index (κ3) is 5.39. The molecule has 0 heterocycles. The summed E-state index contributed by atoms with van der Waals surface area (Å²) in [5.41, 5.74) is 8.87. The average molecular weight is 531 g/mol. The van der Waals surface area contributed by atoms with Gasteiger partial charge in [-0.1, -0.05) is 167 Å². The van der Waals surface area contributed by atoms with E-state index in [1.54, 1.807) is 0 Å². The van der Waals surface area contributed by atoms with E-state index in [4.69, 9.17) is 0 Å². The number of hydrogen-bond donors (Lipinski definition) is 0. The minimum atomic E-state index is 1.24. The molecule has 0 N–H and O–H groups in total. The molecule has 0 aliphatic rings. The second-order valence-electron chi connectivity index (χ2n) is 9.85. The monoisotopic (exact) mass is 530 g/mol. The van der Waals surface area contributed by atoms with Crippen LogP contribution in [0.4, 0.5) is 0 Å². The van der Waals surface area contributed by atoms with E-state index in [9.17, 15) is 0 Å². The molecular formula is C41H38. The standard InChI is InChI=1S/C37H26.2C2H6/c1-25-15-22-34-35(23-25)36(29-19-16-28(17-20-29)26-9-3-2-4-10-26)32-13-7-8-14-33(32)37(34)31-21-18-27-11-5-6-12-30(27)24-31;2*1-2/h2-24H,1H3;2*1-2H3. The first-order valence-electron chi connectivity index (χ1n) is 14.9. The van der Waals surface area contributed by atoms with Crippen molar-refractivity contribution in [3.63, 3.8) is 0 Å². The molecule has 0 bridgehead atoms. The Bertz CT molecular complexity index is 1910. The smallest absolute Gasteiger partial charge is 0.00261 e. The third-order valence-corrected chi connectivity index (χ3v) is 7.50. The largest absolute Gasteiger partial charge is 0.0683 e. The summed E-state index contributed by atoms with van der Waals surface area (Å²) in [4.78, 5) is 0. The van der Waals surface area contributed by atoms with Crippen molar-refractivity contribution in [3.8, 4) is 33.4 Å². The van der Waals surface area contributed by atoms with Crippen LogP contribution in [0.2, 0.25) is 0 Å². The van der Waals surface area contributed by atoms with Crippen LogP contribution in [0.15, 0.2) is 140 Å². The topological polar surface area (TPSA) is 0 Å². The summed E-state index contributed by atoms with van der Waals surface area (Å²) in [6, 6.07) is 50.9. The van der Waals surface area contributed by atoms with Crippen molar-refractivity contribution in [2.24, 2.45) is 0 Å². The van der Waals surface area contributed by atoms with Crippen molar-refractivity contribution in [1.29, 1.82) is 0 Å². The van der Waals surface area contributed by atoms with Crippen molar-refractivity contribution in [2.45, 2.75) is 34.6 Å². The first-order chi connectivity index (χ1) is 20.3. The summed E-state index contributed by atoms with van der Waals surface area (Å²) in [5, 5.41) is 7.71. The molecule has 0 saturated carbocycles. The van der Waals surface area contributed by atoms with Gasteiger partial charge in [-0.05, 0) is 78.7 Å². The highest BCUT2D eigenvalue weighted by molar-refractivity contribution is 6.21. The summed E-state index contributed by atoms with van der Waals surface area (Å²) in [5.74, 6) is 0. The van der Waals surface area contributed by atoms with Crippen LogP contribution < -0.4 is 0 Å². The highest BCUT2D eigenvalue weighted by atomic mass is 14.2. The molecule has 0 aromatic heterocycles. The van der Waals surface area contributed by atoms with Crippen molar-refractivity contribution >= 4 is 32.3 Å². The molecule has 41 heavy (non-hydrogen) atoms. The summed E-state index contributed by atoms with van der Waals surface area (Å²) in [6.45, 7) is 10.2. The van der Waals surface area contributed by atoms with Crippen LogP contribution in [0.1, 0.15) is 33.3 Å². The highest BCUT2D eigenvalue weighted by Gasteiger charge is 2.17. The molecular weight excluding hydrogens is 492 g/mol. The molecule has 202 valence electrons. The van der Waals surface area contributed by atoms with Gasteiger partial charge in [-0.25, -0.2) is 0 Å². The maximum Gasteiger partial charge on any atom is -0.00261 e. The SMILES string of the molecule is CC.CC.Cc1ccc2c(-c3ccc4ccccc4c3)c3ccccc3c(-c3ccc(-c4ccccc4)cc3)c2c1. The summed E-state index contributed by atoms with van der Waals surface area (Å²) in [6.07, 6.45) is 0. The van der Waals surface area contributed by atoms with Crippen LogP contribution in [0.25, 0.3) is 65.7 Å². The van der Waals surface area contributed by atoms with E-state index in [1.165, 1.54) is 71.3 Å². The quantitative estimate of drug-likeness (QED) is 0.199. The third-order valence-electron chi connectivity index (χ3n) is 7.50. The fourth-order valence-electron chi connectivity index (χ4n) is 5.72. The molecule has 0 fully saturated rings. The van der Waals surface area contributed by atoms with Gasteiger partial charge in [0.25, 0.3) is 0 Å². The first kappa shape index (κ1) is 27.9. The van der Waals surface area contributed by atoms with E-state index in [0.717, 1.165) is 0 Å². The Hall–Kier alpha value is -4.68. The van der Waals surface area contributed by atoms with Crippen molar-refractivity contribution in [2.75, 3.05) is 0 Å². The normalized spacial score (nSPS) is 10.6. The Labute approximate surface area is 244 Å². The van der Waals surface area contributed by atoms with E-state index in [-0.39, 0.29) is 0 Å². The zero-order chi connectivity index (χ0) is 28.8. The molecule has 7 aromatic carbocycles. The molecule has 0 spiro atoms. The highest BCUT2D eigenvalue weighted by Crippen LogP contribution is 2.44. The molecule has 7 rings (SSSR count). The molecule has 0 aliphatic heterocycles. The summed E-state index contributed by atoms with van der Waals surface area (Å²) in [7, 11) is 0. The minimum absolute atomic E-state index is 1.24. The molecule has 0 aliphatic carbocycles. The van der Waals surface area contributed by atoms with Crippen molar-refractivity contribution < 1.29 is 0 Å². The predicted octanol–water partition coefficient (Wildman–Crippen LogP) is 12.5. The minimum Gasteiger partial charge on any atom is -0.0683 e. The van der Waals surface area contributed by atoms with Gasteiger partial charge in [0.15, 0.2) is 0 Å². The van der Waals surface area contributed by atoms with Crippen LogP contribution in [-0.4, -0.2) is 0 Å². The van der Waals surface area contributed by atoms with Gasteiger partial charge in [-0.3, -0.25) is 0 Å². The van der Waals surface area contributed by atoms with Crippen LogP contribution in [0.5, 0.6) is 0 Å². The molecule has 0 radical (unpaired) electrons. The molecule has 0 amide bonds. The average Bonchev–Trinajstić information content (AvgIpc) is 3.06. The van der Waals surface area contributed by atoms with E-state index in [1.807, 2.05) is 27.7 Å². The maximum absolute atomic E-state index is 2.35. The molecule has 0 saturated heterocycles. The number of fused-ring (bicyclic) bond motifs is 3. The van der Waals surface area contributed by atoms with Gasteiger partial charge in [-0.15, -0.1) is 0 Å². The Morgan fingerprint density at radius 1 is 0.317 bits per heavy atom. The Morgan fingerprint density at radius 2 is 0.805 bits per heavy atom. The van der Waals surface area contributed by atoms with E-state index in [0.29, 0.717) is 0 Å². The Balaban J connectivity index is 0.000000810. The lowest BCUT2D eigenvalue weighted by molar-refractivity contribution is 1.50. The van der Waals surface area contributed by atoms with Gasteiger partial charge in [0, 0.05) is 0 Å². The van der Waals surface area contributed by atoms with Crippen LogP contribution >= 0.6 is 0 Å². The molecule has 0 unspecified atom stereocenters. The van der Waals surface area contributed by atoms with Crippen molar-refractivity contribution in [3.05, 3.63) is 145 Å². The number of aryl methyl sites for hydroxylation is 1. The first-order valence-corrected chi connectivity index (χ1v) is 14.9. The maximum atomic E-state index is 2.35. The van der Waals surface area contributed by atoms with E-state index >= 15 is 0 Å².